The van der Waals surface area contributed by atoms with Crippen LogP contribution in [0.4, 0.5) is 19.0 Å². The largest absolute Gasteiger partial charge is 0.496 e. The lowest BCUT2D eigenvalue weighted by molar-refractivity contribution is -0.137. The Bertz CT molecular complexity index is 808. The van der Waals surface area contributed by atoms with Crippen molar-refractivity contribution in [2.45, 2.75) is 19.6 Å². The van der Waals surface area contributed by atoms with Crippen molar-refractivity contribution in [2.75, 3.05) is 32.6 Å². The molecule has 0 saturated carbocycles. The fourth-order valence-corrected chi connectivity index (χ4v) is 2.53. The number of nitrogens with zero attached hydrogens (tertiary/aromatic N) is 2. The van der Waals surface area contributed by atoms with Crippen LogP contribution in [0.1, 0.15) is 16.7 Å². The molecule has 0 aliphatic rings. The minimum absolute atomic E-state index is 0.191. The Labute approximate surface area is 162 Å². The number of aryl methyl sites for hydroxylation is 1. The normalized spacial score (nSPS) is 11.9. The lowest BCUT2D eigenvalue weighted by Gasteiger charge is -2.16. The molecule has 0 spiro atoms. The maximum absolute atomic E-state index is 13.0. The van der Waals surface area contributed by atoms with Gasteiger partial charge in [0.25, 0.3) is 0 Å². The highest BCUT2D eigenvalue weighted by Gasteiger charge is 2.33. The molecule has 0 saturated heterocycles. The van der Waals surface area contributed by atoms with Gasteiger partial charge in [-0.1, -0.05) is 12.1 Å². The molecule has 0 atom stereocenters. The minimum Gasteiger partial charge on any atom is -0.496 e. The summed E-state index contributed by atoms with van der Waals surface area (Å²) in [7, 11) is 3.24. The van der Waals surface area contributed by atoms with Gasteiger partial charge in [0, 0.05) is 38.4 Å². The molecular formula is C19H24F3N5O. The Kier molecular flexibility index (Phi) is 7.48. The first-order chi connectivity index (χ1) is 13.3. The second-order valence-electron chi connectivity index (χ2n) is 5.99. The zero-order valence-corrected chi connectivity index (χ0v) is 16.0. The van der Waals surface area contributed by atoms with E-state index in [1.54, 1.807) is 14.2 Å². The van der Waals surface area contributed by atoms with Crippen LogP contribution in [-0.2, 0) is 12.7 Å². The number of methoxy groups -OCH3 is 1. The number of aromatic nitrogens is 1. The van der Waals surface area contributed by atoms with Gasteiger partial charge in [-0.2, -0.15) is 13.2 Å². The lowest BCUT2D eigenvalue weighted by Crippen LogP contribution is -2.39. The zero-order valence-electron chi connectivity index (χ0n) is 16.0. The minimum atomic E-state index is -4.45. The summed E-state index contributed by atoms with van der Waals surface area (Å²) in [4.78, 5) is 7.87. The van der Waals surface area contributed by atoms with Crippen LogP contribution in [0.5, 0.6) is 5.75 Å². The van der Waals surface area contributed by atoms with Crippen molar-refractivity contribution < 1.29 is 17.9 Å². The number of nitrogens with one attached hydrogen (secondary N) is 3. The van der Waals surface area contributed by atoms with Gasteiger partial charge in [-0.3, -0.25) is 4.99 Å². The molecule has 152 valence electrons. The third kappa shape index (κ3) is 6.04. The molecule has 0 aliphatic heterocycles. The molecule has 3 N–H and O–H groups in total. The van der Waals surface area contributed by atoms with Gasteiger partial charge in [0.15, 0.2) is 5.96 Å². The van der Waals surface area contributed by atoms with E-state index in [-0.39, 0.29) is 12.4 Å². The van der Waals surface area contributed by atoms with Gasteiger partial charge in [0.1, 0.15) is 11.6 Å². The lowest BCUT2D eigenvalue weighted by atomic mass is 10.1. The number of guanidine groups is 1. The van der Waals surface area contributed by atoms with Crippen LogP contribution in [0.15, 0.2) is 41.5 Å². The summed E-state index contributed by atoms with van der Waals surface area (Å²) >= 11 is 0. The molecule has 0 unspecified atom stereocenters. The predicted octanol–water partition coefficient (Wildman–Crippen LogP) is 3.19. The number of anilines is 1. The van der Waals surface area contributed by atoms with Crippen molar-refractivity contribution in [1.82, 2.24) is 15.6 Å². The number of pyridine rings is 1. The quantitative estimate of drug-likeness (QED) is 0.382. The first kappa shape index (κ1) is 21.3. The first-order valence-corrected chi connectivity index (χ1v) is 8.69. The fraction of sp³-hybridized carbons (Fsp3) is 0.368. The Morgan fingerprint density at radius 2 is 1.96 bits per heavy atom. The Balaban J connectivity index is 1.84. The number of alkyl halides is 3. The molecule has 0 aliphatic carbocycles. The number of halogens is 3. The number of ether oxygens (including phenoxy) is 1. The average molecular weight is 395 g/mol. The monoisotopic (exact) mass is 395 g/mol. The van der Waals surface area contributed by atoms with Crippen LogP contribution in [0.3, 0.4) is 0 Å². The maximum Gasteiger partial charge on any atom is 0.419 e. The molecule has 9 heteroatoms. The van der Waals surface area contributed by atoms with E-state index in [9.17, 15) is 13.2 Å². The van der Waals surface area contributed by atoms with Crippen LogP contribution in [0.2, 0.25) is 0 Å². The molecule has 1 heterocycles. The van der Waals surface area contributed by atoms with Crippen molar-refractivity contribution in [2.24, 2.45) is 4.99 Å². The molecule has 0 radical (unpaired) electrons. The molecule has 2 rings (SSSR count). The number of hydrogen-bond donors (Lipinski definition) is 3. The second kappa shape index (κ2) is 9.82. The third-order valence-corrected chi connectivity index (χ3v) is 3.94. The molecule has 0 fully saturated rings. The van der Waals surface area contributed by atoms with Gasteiger partial charge in [-0.05, 0) is 30.7 Å². The van der Waals surface area contributed by atoms with Gasteiger partial charge in [-0.25, -0.2) is 4.98 Å². The average Bonchev–Trinajstić information content (AvgIpc) is 2.67. The summed E-state index contributed by atoms with van der Waals surface area (Å²) in [6.45, 7) is 3.08. The summed E-state index contributed by atoms with van der Waals surface area (Å²) in [5.74, 6) is 1.12. The molecule has 1 aromatic heterocycles. The highest BCUT2D eigenvalue weighted by molar-refractivity contribution is 5.79. The van der Waals surface area contributed by atoms with E-state index >= 15 is 0 Å². The standard InChI is InChI=1S/C19H24F3N5O/c1-13-6-7-14(16(11-13)28-3)12-27-18(23-2)26-10-9-25-17-15(19(20,21)22)5-4-8-24-17/h4-8,11H,9-10,12H2,1-3H3,(H,24,25)(H2,23,26,27). The number of benzene rings is 1. The molecule has 0 amide bonds. The van der Waals surface area contributed by atoms with E-state index in [0.717, 1.165) is 22.9 Å². The van der Waals surface area contributed by atoms with E-state index in [1.165, 1.54) is 12.3 Å². The first-order valence-electron chi connectivity index (χ1n) is 8.69. The summed E-state index contributed by atoms with van der Waals surface area (Å²) in [6.07, 6.45) is -3.13. The molecule has 28 heavy (non-hydrogen) atoms. The van der Waals surface area contributed by atoms with Crippen molar-refractivity contribution in [3.8, 4) is 5.75 Å². The summed E-state index contributed by atoms with van der Waals surface area (Å²) in [5.41, 5.74) is 1.28. The van der Waals surface area contributed by atoms with Gasteiger partial charge >= 0.3 is 6.18 Å². The van der Waals surface area contributed by atoms with Crippen molar-refractivity contribution in [3.05, 3.63) is 53.2 Å². The topological polar surface area (TPSA) is 70.6 Å². The SMILES string of the molecule is CN=C(NCCNc1ncccc1C(F)(F)F)NCc1ccc(C)cc1OC. The van der Waals surface area contributed by atoms with Gasteiger partial charge < -0.3 is 20.7 Å². The van der Waals surface area contributed by atoms with E-state index in [4.69, 9.17) is 4.74 Å². The van der Waals surface area contributed by atoms with Crippen LogP contribution in [-0.4, -0.2) is 38.2 Å². The van der Waals surface area contributed by atoms with Crippen molar-refractivity contribution in [1.29, 1.82) is 0 Å². The summed E-state index contributed by atoms with van der Waals surface area (Å²) in [6, 6.07) is 8.16. The Morgan fingerprint density at radius 3 is 2.64 bits per heavy atom. The highest BCUT2D eigenvalue weighted by atomic mass is 19.4. The molecule has 0 bridgehead atoms. The third-order valence-electron chi connectivity index (χ3n) is 3.94. The van der Waals surface area contributed by atoms with Crippen LogP contribution in [0.25, 0.3) is 0 Å². The van der Waals surface area contributed by atoms with Gasteiger partial charge in [0.2, 0.25) is 0 Å². The van der Waals surface area contributed by atoms with E-state index in [1.807, 2.05) is 25.1 Å². The zero-order chi connectivity index (χ0) is 20.6. The molecule has 6 nitrogen and oxygen atoms in total. The maximum atomic E-state index is 13.0. The number of hydrogen-bond acceptors (Lipinski definition) is 4. The summed E-state index contributed by atoms with van der Waals surface area (Å²) < 4.78 is 44.2. The van der Waals surface area contributed by atoms with E-state index in [2.05, 4.69) is 25.9 Å². The number of rotatable bonds is 7. The molecular weight excluding hydrogens is 371 g/mol. The van der Waals surface area contributed by atoms with E-state index in [0.29, 0.717) is 19.0 Å². The van der Waals surface area contributed by atoms with Crippen molar-refractivity contribution in [3.63, 3.8) is 0 Å². The number of aliphatic imine (C=N–C) groups is 1. The van der Waals surface area contributed by atoms with Crippen LogP contribution < -0.4 is 20.7 Å². The highest BCUT2D eigenvalue weighted by Crippen LogP contribution is 2.33. The predicted molar refractivity (Wildman–Crippen MR) is 104 cm³/mol. The summed E-state index contributed by atoms with van der Waals surface area (Å²) in [5, 5.41) is 8.89. The van der Waals surface area contributed by atoms with E-state index < -0.39 is 11.7 Å². The van der Waals surface area contributed by atoms with Crippen molar-refractivity contribution >= 4 is 11.8 Å². The molecule has 1 aromatic carbocycles. The van der Waals surface area contributed by atoms with Gasteiger partial charge in [0.05, 0.1) is 12.7 Å². The fourth-order valence-electron chi connectivity index (χ4n) is 2.53. The smallest absolute Gasteiger partial charge is 0.419 e. The van der Waals surface area contributed by atoms with Crippen LogP contribution in [0, 0.1) is 6.92 Å². The Morgan fingerprint density at radius 1 is 1.18 bits per heavy atom. The van der Waals surface area contributed by atoms with Crippen LogP contribution >= 0.6 is 0 Å². The van der Waals surface area contributed by atoms with Gasteiger partial charge in [-0.15, -0.1) is 0 Å². The second-order valence-corrected chi connectivity index (χ2v) is 5.99. The molecule has 2 aromatic rings. The Hall–Kier alpha value is -2.97.